The summed E-state index contributed by atoms with van der Waals surface area (Å²) in [5.74, 6) is 0. The van der Waals surface area contributed by atoms with Gasteiger partial charge in [-0.1, -0.05) is 41.5 Å². The van der Waals surface area contributed by atoms with Crippen molar-refractivity contribution < 1.29 is 28.1 Å². The molecule has 0 amide bonds. The van der Waals surface area contributed by atoms with E-state index >= 15 is 0 Å². The molecule has 1 rings (SSSR count). The van der Waals surface area contributed by atoms with Crippen LogP contribution in [0.5, 0.6) is 0 Å². The van der Waals surface area contributed by atoms with Gasteiger partial charge in [0, 0.05) is 27.1 Å². The lowest BCUT2D eigenvalue weighted by molar-refractivity contribution is -0.264. The third kappa shape index (κ3) is 7.23. The number of ether oxygens (including phenoxy) is 5. The lowest BCUT2D eigenvalue weighted by Crippen LogP contribution is -2.62. The first-order valence-corrected chi connectivity index (χ1v) is 13.6. The molecule has 0 radical (unpaired) electrons. The molecule has 1 aliphatic heterocycles. The second-order valence-corrected chi connectivity index (χ2v) is 15.1. The third-order valence-corrected chi connectivity index (χ3v) is 12.7. The van der Waals surface area contributed by atoms with Gasteiger partial charge in [0.15, 0.2) is 0 Å². The number of hydrogen-bond acceptors (Lipinski definition) is 7. The molecule has 0 aromatic heterocycles. The van der Waals surface area contributed by atoms with Crippen LogP contribution in [0, 0.1) is 11.3 Å². The molecule has 4 atom stereocenters. The summed E-state index contributed by atoms with van der Waals surface area (Å²) in [6.07, 6.45) is 1.13. The van der Waals surface area contributed by atoms with Crippen LogP contribution in [0.2, 0.25) is 16.6 Å². The van der Waals surface area contributed by atoms with Gasteiger partial charge in [-0.2, -0.15) is 5.26 Å². The Morgan fingerprint density at radius 2 is 1.61 bits per heavy atom. The zero-order valence-electron chi connectivity index (χ0n) is 21.1. The number of nitriles is 1. The predicted octanol–water partition coefficient (Wildman–Crippen LogP) is 5.01. The monoisotopic (exact) mass is 459 g/mol. The second-order valence-electron chi connectivity index (χ2n) is 9.69. The van der Waals surface area contributed by atoms with Crippen molar-refractivity contribution in [3.05, 3.63) is 0 Å². The summed E-state index contributed by atoms with van der Waals surface area (Å²) >= 11 is 0. The fraction of sp³-hybridized carbons (Fsp3) is 0.957. The first kappa shape index (κ1) is 28.5. The maximum absolute atomic E-state index is 9.23. The highest BCUT2D eigenvalue weighted by atomic mass is 28.4. The van der Waals surface area contributed by atoms with E-state index in [0.717, 1.165) is 0 Å². The first-order valence-electron chi connectivity index (χ1n) is 11.5. The molecule has 0 saturated carbocycles. The van der Waals surface area contributed by atoms with Crippen molar-refractivity contribution in [2.24, 2.45) is 0 Å². The minimum Gasteiger partial charge on any atom is -0.410 e. The predicted molar refractivity (Wildman–Crippen MR) is 123 cm³/mol. The Kier molecular flexibility index (Phi) is 12.2. The topological polar surface area (TPSA) is 79.2 Å². The van der Waals surface area contributed by atoms with Gasteiger partial charge in [-0.25, -0.2) is 0 Å². The van der Waals surface area contributed by atoms with Crippen LogP contribution in [-0.4, -0.2) is 66.6 Å². The Morgan fingerprint density at radius 1 is 1.03 bits per heavy atom. The van der Waals surface area contributed by atoms with Crippen LogP contribution in [0.25, 0.3) is 0 Å². The highest BCUT2D eigenvalue weighted by molar-refractivity contribution is 6.77. The Morgan fingerprint density at radius 3 is 2.10 bits per heavy atom. The Bertz CT molecular complexity index is 531. The molecule has 1 fully saturated rings. The van der Waals surface area contributed by atoms with E-state index in [1.54, 1.807) is 14.2 Å². The number of nitrogens with zero attached hydrogens (tertiary/aromatic N) is 1. The molecule has 0 bridgehead atoms. The van der Waals surface area contributed by atoms with E-state index in [1.807, 2.05) is 6.92 Å². The molecule has 0 spiro atoms. The summed E-state index contributed by atoms with van der Waals surface area (Å²) in [5, 5.41) is 9.23. The van der Waals surface area contributed by atoms with Crippen molar-refractivity contribution in [1.29, 1.82) is 5.26 Å². The summed E-state index contributed by atoms with van der Waals surface area (Å²) in [6, 6.07) is 2.27. The van der Waals surface area contributed by atoms with E-state index in [9.17, 15) is 5.26 Å². The van der Waals surface area contributed by atoms with Gasteiger partial charge in [0.25, 0.3) is 0 Å². The van der Waals surface area contributed by atoms with Gasteiger partial charge in [0.1, 0.15) is 19.2 Å². The average molecular weight is 460 g/mol. The zero-order valence-corrected chi connectivity index (χ0v) is 22.1. The van der Waals surface area contributed by atoms with Crippen molar-refractivity contribution in [3.63, 3.8) is 0 Å². The fourth-order valence-corrected chi connectivity index (χ4v) is 10.8. The van der Waals surface area contributed by atoms with E-state index < -0.39 is 13.9 Å². The number of rotatable bonds is 14. The van der Waals surface area contributed by atoms with E-state index in [-0.39, 0.29) is 31.9 Å². The standard InChI is InChI=1S/C23H45NO6Si/c1-17(2)31(18(3)4,19(5)6)30-21-13-22(28-16-26-9)23(7,14-27-15-25-8)29-20(21)11-10-12-24/h17-22H,10-11,13-16H2,1-9H3/t20-,21+,22-,23+/m0/s1. The molecule has 1 saturated heterocycles. The van der Waals surface area contributed by atoms with Gasteiger partial charge in [-0.15, -0.1) is 0 Å². The SMILES string of the molecule is COCOC[C@@]1(C)O[C@@H](CCC#N)[C@H](O[Si](C(C)C)(C(C)C)C(C)C)C[C@@H]1OCOC. The van der Waals surface area contributed by atoms with Gasteiger partial charge in [-0.05, 0) is 30.0 Å². The summed E-state index contributed by atoms with van der Waals surface area (Å²) in [7, 11) is 1.07. The second kappa shape index (κ2) is 13.2. The van der Waals surface area contributed by atoms with Gasteiger partial charge in [-0.3, -0.25) is 0 Å². The minimum absolute atomic E-state index is 0.135. The minimum atomic E-state index is -2.14. The molecule has 1 heterocycles. The molecule has 1 aliphatic rings. The summed E-state index contributed by atoms with van der Waals surface area (Å²) in [4.78, 5) is 0. The Hall–Kier alpha value is -0.533. The molecule has 182 valence electrons. The van der Waals surface area contributed by atoms with E-state index in [0.29, 0.717) is 42.5 Å². The molecule has 31 heavy (non-hydrogen) atoms. The Labute approximate surface area is 190 Å². The van der Waals surface area contributed by atoms with Crippen LogP contribution >= 0.6 is 0 Å². The van der Waals surface area contributed by atoms with Crippen molar-refractivity contribution >= 4 is 8.32 Å². The van der Waals surface area contributed by atoms with Gasteiger partial charge >= 0.3 is 0 Å². The quantitative estimate of drug-likeness (QED) is 0.205. The largest absolute Gasteiger partial charge is 0.410 e. The molecule has 8 heteroatoms. The third-order valence-electron chi connectivity index (χ3n) is 6.54. The molecule has 7 nitrogen and oxygen atoms in total. The molecule has 0 N–H and O–H groups in total. The number of hydrogen-bond donors (Lipinski definition) is 0. The summed E-state index contributed by atoms with van der Waals surface area (Å²) < 4.78 is 35.7. The van der Waals surface area contributed by atoms with E-state index in [4.69, 9.17) is 28.1 Å². The fourth-order valence-electron chi connectivity index (χ4n) is 5.20. The lowest BCUT2D eigenvalue weighted by atomic mass is 9.87. The summed E-state index contributed by atoms with van der Waals surface area (Å²) in [5.41, 5.74) is 0.691. The van der Waals surface area contributed by atoms with Gasteiger partial charge in [0.05, 0.1) is 31.0 Å². The molecule has 0 aromatic rings. The van der Waals surface area contributed by atoms with Crippen LogP contribution < -0.4 is 0 Å². The first-order chi connectivity index (χ1) is 14.6. The molecule has 0 aliphatic carbocycles. The number of methoxy groups -OCH3 is 2. The van der Waals surface area contributed by atoms with E-state index in [2.05, 4.69) is 47.6 Å². The molecular formula is C23H45NO6Si. The lowest BCUT2D eigenvalue weighted by Gasteiger charge is -2.52. The molecular weight excluding hydrogens is 414 g/mol. The zero-order chi connectivity index (χ0) is 23.7. The van der Waals surface area contributed by atoms with Gasteiger partial charge < -0.3 is 28.1 Å². The van der Waals surface area contributed by atoms with Crippen LogP contribution in [0.15, 0.2) is 0 Å². The van der Waals surface area contributed by atoms with Crippen LogP contribution in [0.4, 0.5) is 0 Å². The van der Waals surface area contributed by atoms with Crippen LogP contribution in [-0.2, 0) is 28.1 Å². The Balaban J connectivity index is 3.25. The highest BCUT2D eigenvalue weighted by Gasteiger charge is 2.52. The van der Waals surface area contributed by atoms with Gasteiger partial charge in [0.2, 0.25) is 8.32 Å². The smallest absolute Gasteiger partial charge is 0.200 e. The van der Waals surface area contributed by atoms with Crippen molar-refractivity contribution in [1.82, 2.24) is 0 Å². The molecule has 0 aromatic carbocycles. The highest BCUT2D eigenvalue weighted by Crippen LogP contribution is 2.46. The maximum Gasteiger partial charge on any atom is 0.200 e. The van der Waals surface area contributed by atoms with Crippen molar-refractivity contribution in [2.75, 3.05) is 34.4 Å². The average Bonchev–Trinajstić information content (AvgIpc) is 2.69. The molecule has 0 unspecified atom stereocenters. The van der Waals surface area contributed by atoms with E-state index in [1.165, 1.54) is 0 Å². The van der Waals surface area contributed by atoms with Crippen LogP contribution in [0.1, 0.15) is 67.7 Å². The maximum atomic E-state index is 9.23. The van der Waals surface area contributed by atoms with Crippen molar-refractivity contribution in [2.45, 2.75) is 108 Å². The van der Waals surface area contributed by atoms with Crippen LogP contribution in [0.3, 0.4) is 0 Å². The normalized spacial score (nSPS) is 27.3. The van der Waals surface area contributed by atoms with Crippen molar-refractivity contribution in [3.8, 4) is 6.07 Å². The summed E-state index contributed by atoms with van der Waals surface area (Å²) in [6.45, 7) is 16.4.